The number of benzene rings is 2. The minimum atomic E-state index is 0. The number of morpholine rings is 1. The van der Waals surface area contributed by atoms with E-state index in [4.69, 9.17) is 14.5 Å². The molecule has 3 rings (SSSR count). The molecule has 2 aromatic carbocycles. The van der Waals surface area contributed by atoms with Gasteiger partial charge in [0.15, 0.2) is 5.96 Å². The molecule has 2 N–H and O–H groups in total. The maximum Gasteiger partial charge on any atom is 0.191 e. The van der Waals surface area contributed by atoms with Crippen molar-refractivity contribution in [3.05, 3.63) is 65.7 Å². The lowest BCUT2D eigenvalue weighted by Crippen LogP contribution is -2.44. The number of nitrogens with one attached hydrogen (secondary N) is 2. The predicted octanol–water partition coefficient (Wildman–Crippen LogP) is 3.27. The fourth-order valence-corrected chi connectivity index (χ4v) is 3.19. The van der Waals surface area contributed by atoms with E-state index in [-0.39, 0.29) is 24.0 Å². The van der Waals surface area contributed by atoms with E-state index >= 15 is 0 Å². The van der Waals surface area contributed by atoms with Crippen LogP contribution < -0.4 is 15.4 Å². The van der Waals surface area contributed by atoms with Crippen molar-refractivity contribution < 1.29 is 9.47 Å². The van der Waals surface area contributed by atoms with Gasteiger partial charge in [-0.1, -0.05) is 42.5 Å². The third-order valence-electron chi connectivity index (χ3n) is 4.83. The highest BCUT2D eigenvalue weighted by Gasteiger charge is 2.10. The van der Waals surface area contributed by atoms with Crippen molar-refractivity contribution in [2.75, 3.05) is 45.9 Å². The van der Waals surface area contributed by atoms with Crippen LogP contribution in [0.4, 0.5) is 0 Å². The Morgan fingerprint density at radius 2 is 1.70 bits per heavy atom. The lowest BCUT2D eigenvalue weighted by molar-refractivity contribution is 0.0389. The van der Waals surface area contributed by atoms with Crippen molar-refractivity contribution in [3.8, 4) is 5.75 Å². The second-order valence-electron chi connectivity index (χ2n) is 6.95. The molecule has 1 aliphatic rings. The van der Waals surface area contributed by atoms with Crippen LogP contribution in [0.15, 0.2) is 59.6 Å². The van der Waals surface area contributed by atoms with Gasteiger partial charge in [0.25, 0.3) is 0 Å². The molecule has 0 aromatic heterocycles. The van der Waals surface area contributed by atoms with Crippen molar-refractivity contribution in [2.45, 2.75) is 20.1 Å². The summed E-state index contributed by atoms with van der Waals surface area (Å²) < 4.78 is 11.3. The molecule has 0 bridgehead atoms. The summed E-state index contributed by atoms with van der Waals surface area (Å²) >= 11 is 0. The molecule has 164 valence electrons. The topological polar surface area (TPSA) is 58.1 Å². The van der Waals surface area contributed by atoms with Crippen LogP contribution in [0.2, 0.25) is 0 Å². The van der Waals surface area contributed by atoms with Gasteiger partial charge < -0.3 is 20.1 Å². The van der Waals surface area contributed by atoms with E-state index in [1.54, 1.807) is 0 Å². The first-order valence-electron chi connectivity index (χ1n) is 10.4. The number of halogens is 1. The third-order valence-corrected chi connectivity index (χ3v) is 4.83. The Bertz CT molecular complexity index is 752. The molecule has 0 atom stereocenters. The van der Waals surface area contributed by atoms with Gasteiger partial charge in [0.2, 0.25) is 0 Å². The van der Waals surface area contributed by atoms with Crippen molar-refractivity contribution in [3.63, 3.8) is 0 Å². The summed E-state index contributed by atoms with van der Waals surface area (Å²) in [5.74, 6) is 1.73. The summed E-state index contributed by atoms with van der Waals surface area (Å²) in [6.07, 6.45) is 0. The van der Waals surface area contributed by atoms with Gasteiger partial charge in [0.1, 0.15) is 12.4 Å². The second-order valence-corrected chi connectivity index (χ2v) is 6.95. The molecule has 1 aliphatic heterocycles. The summed E-state index contributed by atoms with van der Waals surface area (Å²) in [7, 11) is 0. The third kappa shape index (κ3) is 8.49. The van der Waals surface area contributed by atoms with E-state index in [0.717, 1.165) is 63.2 Å². The van der Waals surface area contributed by atoms with Gasteiger partial charge in [-0.2, -0.15) is 0 Å². The van der Waals surface area contributed by atoms with Crippen LogP contribution in [0.1, 0.15) is 18.1 Å². The number of aliphatic imine (C=N–C) groups is 1. The van der Waals surface area contributed by atoms with Gasteiger partial charge in [-0.15, -0.1) is 24.0 Å². The van der Waals surface area contributed by atoms with Crippen LogP contribution in [-0.2, 0) is 17.9 Å². The summed E-state index contributed by atoms with van der Waals surface area (Å²) in [6.45, 7) is 9.60. The van der Waals surface area contributed by atoms with Gasteiger partial charge in [0, 0.05) is 32.7 Å². The average molecular weight is 524 g/mol. The van der Waals surface area contributed by atoms with E-state index in [2.05, 4.69) is 40.7 Å². The van der Waals surface area contributed by atoms with E-state index in [1.165, 1.54) is 5.56 Å². The fourth-order valence-electron chi connectivity index (χ4n) is 3.19. The van der Waals surface area contributed by atoms with Crippen molar-refractivity contribution >= 4 is 29.9 Å². The van der Waals surface area contributed by atoms with E-state index in [1.807, 2.05) is 36.4 Å². The first-order chi connectivity index (χ1) is 14.3. The molecule has 0 amide bonds. The van der Waals surface area contributed by atoms with Gasteiger partial charge in [0.05, 0.1) is 19.8 Å². The molecule has 0 radical (unpaired) electrons. The monoisotopic (exact) mass is 524 g/mol. The number of guanidine groups is 1. The number of rotatable bonds is 9. The lowest BCUT2D eigenvalue weighted by atomic mass is 10.1. The Labute approximate surface area is 197 Å². The molecule has 0 unspecified atom stereocenters. The highest BCUT2D eigenvalue weighted by Crippen LogP contribution is 2.15. The molecule has 1 saturated heterocycles. The molecule has 1 fully saturated rings. The Balaban J connectivity index is 0.00000320. The summed E-state index contributed by atoms with van der Waals surface area (Å²) in [4.78, 5) is 7.19. The van der Waals surface area contributed by atoms with Gasteiger partial charge >= 0.3 is 0 Å². The van der Waals surface area contributed by atoms with E-state index in [9.17, 15) is 0 Å². The quantitative estimate of drug-likeness (QED) is 0.300. The van der Waals surface area contributed by atoms with Crippen LogP contribution in [-0.4, -0.2) is 56.8 Å². The van der Waals surface area contributed by atoms with Crippen LogP contribution in [0, 0.1) is 0 Å². The number of para-hydroxylation sites is 1. The molecule has 30 heavy (non-hydrogen) atoms. The van der Waals surface area contributed by atoms with Crippen LogP contribution in [0.25, 0.3) is 0 Å². The Hall–Kier alpha value is -1.84. The molecule has 1 heterocycles. The SMILES string of the molecule is CCNC(=NCc1ccccc1COc1ccccc1)NCCN1CCOCC1.I. The average Bonchev–Trinajstić information content (AvgIpc) is 2.78. The van der Waals surface area contributed by atoms with Crippen LogP contribution in [0.5, 0.6) is 5.75 Å². The minimum absolute atomic E-state index is 0. The largest absolute Gasteiger partial charge is 0.489 e. The number of hydrogen-bond donors (Lipinski definition) is 2. The van der Waals surface area contributed by atoms with Crippen molar-refractivity contribution in [1.82, 2.24) is 15.5 Å². The highest BCUT2D eigenvalue weighted by molar-refractivity contribution is 14.0. The first-order valence-corrected chi connectivity index (χ1v) is 10.4. The van der Waals surface area contributed by atoms with Crippen LogP contribution >= 0.6 is 24.0 Å². The van der Waals surface area contributed by atoms with E-state index < -0.39 is 0 Å². The fraction of sp³-hybridized carbons (Fsp3) is 0.435. The Kier molecular flexibility index (Phi) is 11.6. The number of nitrogens with zero attached hydrogens (tertiary/aromatic N) is 2. The molecular weight excluding hydrogens is 491 g/mol. The molecule has 0 aliphatic carbocycles. The Morgan fingerprint density at radius 1 is 1.00 bits per heavy atom. The zero-order valence-corrected chi connectivity index (χ0v) is 20.0. The number of hydrogen-bond acceptors (Lipinski definition) is 4. The zero-order valence-electron chi connectivity index (χ0n) is 17.7. The molecule has 2 aromatic rings. The molecule has 0 spiro atoms. The maximum absolute atomic E-state index is 5.92. The number of ether oxygens (including phenoxy) is 2. The van der Waals surface area contributed by atoms with Crippen molar-refractivity contribution in [1.29, 1.82) is 0 Å². The standard InChI is InChI=1S/C23H32N4O2.HI/c1-2-24-23(25-12-13-27-14-16-28-17-15-27)26-18-20-8-6-7-9-21(20)19-29-22-10-4-3-5-11-22;/h3-11H,2,12-19H2,1H3,(H2,24,25,26);1H. The summed E-state index contributed by atoms with van der Waals surface area (Å²) in [5.41, 5.74) is 2.33. The highest BCUT2D eigenvalue weighted by atomic mass is 127. The van der Waals surface area contributed by atoms with Crippen LogP contribution in [0.3, 0.4) is 0 Å². The Morgan fingerprint density at radius 3 is 2.43 bits per heavy atom. The molecule has 6 nitrogen and oxygen atoms in total. The van der Waals surface area contributed by atoms with Gasteiger partial charge in [-0.3, -0.25) is 4.90 Å². The lowest BCUT2D eigenvalue weighted by Gasteiger charge is -2.26. The predicted molar refractivity (Wildman–Crippen MR) is 133 cm³/mol. The molecule has 7 heteroatoms. The summed E-state index contributed by atoms with van der Waals surface area (Å²) in [5, 5.41) is 6.77. The smallest absolute Gasteiger partial charge is 0.191 e. The minimum Gasteiger partial charge on any atom is -0.489 e. The van der Waals surface area contributed by atoms with Gasteiger partial charge in [-0.05, 0) is 30.2 Å². The van der Waals surface area contributed by atoms with E-state index in [0.29, 0.717) is 13.2 Å². The zero-order chi connectivity index (χ0) is 20.2. The molecule has 0 saturated carbocycles. The summed E-state index contributed by atoms with van der Waals surface area (Å²) in [6, 6.07) is 18.2. The molecular formula is C23H33IN4O2. The maximum atomic E-state index is 5.92. The first kappa shape index (κ1) is 24.4. The van der Waals surface area contributed by atoms with Crippen molar-refractivity contribution in [2.24, 2.45) is 4.99 Å². The van der Waals surface area contributed by atoms with Gasteiger partial charge in [-0.25, -0.2) is 4.99 Å². The normalized spacial score (nSPS) is 14.6. The second kappa shape index (κ2) is 14.2.